The van der Waals surface area contributed by atoms with Gasteiger partial charge in [-0.2, -0.15) is 0 Å². The fraction of sp³-hybridized carbons (Fsp3) is 0.182. The molecule has 0 saturated heterocycles. The molecule has 0 aliphatic rings. The van der Waals surface area contributed by atoms with Crippen LogP contribution < -0.4 is 9.47 Å². The second-order valence-corrected chi connectivity index (χ2v) is 7.65. The molecule has 3 aromatic rings. The van der Waals surface area contributed by atoms with Crippen molar-refractivity contribution in [2.75, 3.05) is 14.2 Å². The third kappa shape index (κ3) is 5.17. The highest BCUT2D eigenvalue weighted by Crippen LogP contribution is 2.36. The van der Waals surface area contributed by atoms with Crippen LogP contribution in [0.25, 0.3) is 0 Å². The van der Waals surface area contributed by atoms with E-state index in [0.29, 0.717) is 40.2 Å². The van der Waals surface area contributed by atoms with E-state index in [1.165, 1.54) is 14.2 Å². The highest BCUT2D eigenvalue weighted by molar-refractivity contribution is 6.42. The number of nitrogens with zero attached hydrogens (tertiary/aromatic N) is 2. The highest BCUT2D eigenvalue weighted by atomic mass is 35.5. The molecule has 0 radical (unpaired) electrons. The summed E-state index contributed by atoms with van der Waals surface area (Å²) in [6.45, 7) is 0.601. The van der Waals surface area contributed by atoms with Crippen LogP contribution >= 0.6 is 34.8 Å². The molecule has 0 saturated carbocycles. The van der Waals surface area contributed by atoms with Gasteiger partial charge < -0.3 is 14.4 Å². The molecule has 8 heteroatoms. The molecule has 0 fully saturated rings. The number of carbonyl (C=O) groups is 1. The molecule has 30 heavy (non-hydrogen) atoms. The fourth-order valence-corrected chi connectivity index (χ4v) is 3.58. The number of hydrogen-bond acceptors (Lipinski definition) is 4. The van der Waals surface area contributed by atoms with Gasteiger partial charge >= 0.3 is 0 Å². The summed E-state index contributed by atoms with van der Waals surface area (Å²) >= 11 is 18.5. The van der Waals surface area contributed by atoms with Crippen LogP contribution in [0.15, 0.2) is 54.7 Å². The Labute approximate surface area is 190 Å². The summed E-state index contributed by atoms with van der Waals surface area (Å²) in [4.78, 5) is 19.4. The third-order valence-corrected chi connectivity index (χ3v) is 5.42. The van der Waals surface area contributed by atoms with Crippen molar-refractivity contribution in [2.24, 2.45) is 0 Å². The van der Waals surface area contributed by atoms with E-state index < -0.39 is 0 Å². The Hall–Kier alpha value is -2.47. The van der Waals surface area contributed by atoms with E-state index in [1.807, 2.05) is 24.3 Å². The zero-order valence-electron chi connectivity index (χ0n) is 16.4. The van der Waals surface area contributed by atoms with E-state index in [2.05, 4.69) is 4.98 Å². The van der Waals surface area contributed by atoms with Crippen LogP contribution in [0.5, 0.6) is 11.5 Å². The summed E-state index contributed by atoms with van der Waals surface area (Å²) in [5.41, 5.74) is 1.95. The van der Waals surface area contributed by atoms with Gasteiger partial charge in [-0.15, -0.1) is 0 Å². The van der Waals surface area contributed by atoms with Gasteiger partial charge in [0.25, 0.3) is 5.91 Å². The molecule has 2 aromatic carbocycles. The van der Waals surface area contributed by atoms with Gasteiger partial charge in [-0.1, -0.05) is 46.9 Å². The van der Waals surface area contributed by atoms with Crippen molar-refractivity contribution in [2.45, 2.75) is 13.1 Å². The fourth-order valence-electron chi connectivity index (χ4n) is 2.97. The predicted molar refractivity (Wildman–Crippen MR) is 119 cm³/mol. The number of pyridine rings is 1. The third-order valence-electron chi connectivity index (χ3n) is 4.40. The molecule has 0 aliphatic carbocycles. The number of hydrogen-bond donors (Lipinski definition) is 0. The normalized spacial score (nSPS) is 10.6. The van der Waals surface area contributed by atoms with Crippen LogP contribution in [0.3, 0.4) is 0 Å². The van der Waals surface area contributed by atoms with Gasteiger partial charge in [-0.3, -0.25) is 9.78 Å². The van der Waals surface area contributed by atoms with Gasteiger partial charge in [0.1, 0.15) is 0 Å². The Morgan fingerprint density at radius 3 is 2.37 bits per heavy atom. The highest BCUT2D eigenvalue weighted by Gasteiger charge is 2.21. The molecule has 3 rings (SSSR count). The average molecular weight is 466 g/mol. The number of ether oxygens (including phenoxy) is 2. The van der Waals surface area contributed by atoms with E-state index >= 15 is 0 Å². The number of benzene rings is 2. The zero-order valence-corrected chi connectivity index (χ0v) is 18.6. The van der Waals surface area contributed by atoms with Crippen LogP contribution in [-0.2, 0) is 13.1 Å². The second-order valence-electron chi connectivity index (χ2n) is 6.42. The Morgan fingerprint density at radius 2 is 1.73 bits per heavy atom. The van der Waals surface area contributed by atoms with E-state index in [0.717, 1.165) is 11.3 Å². The summed E-state index contributed by atoms with van der Waals surface area (Å²) < 4.78 is 10.6. The molecule has 0 aliphatic heterocycles. The molecule has 1 aromatic heterocycles. The molecular weight excluding hydrogens is 447 g/mol. The SMILES string of the molecule is COc1cc(C(=O)N(Cc2ccc(Cl)c(Cl)c2)Cc2ccccn2)cc(Cl)c1OC. The lowest BCUT2D eigenvalue weighted by Crippen LogP contribution is -2.30. The summed E-state index contributed by atoms with van der Waals surface area (Å²) in [5, 5.41) is 1.16. The smallest absolute Gasteiger partial charge is 0.254 e. The van der Waals surface area contributed by atoms with Crippen LogP contribution in [0, 0.1) is 0 Å². The summed E-state index contributed by atoms with van der Waals surface area (Å²) in [6.07, 6.45) is 1.68. The van der Waals surface area contributed by atoms with E-state index in [-0.39, 0.29) is 10.9 Å². The first-order chi connectivity index (χ1) is 14.4. The molecule has 156 valence electrons. The van der Waals surface area contributed by atoms with E-state index in [9.17, 15) is 4.79 Å². The minimum atomic E-state index is -0.241. The minimum Gasteiger partial charge on any atom is -0.493 e. The largest absolute Gasteiger partial charge is 0.493 e. The molecule has 0 unspecified atom stereocenters. The first-order valence-electron chi connectivity index (χ1n) is 8.97. The monoisotopic (exact) mass is 464 g/mol. The molecule has 0 N–H and O–H groups in total. The molecular formula is C22H19Cl3N2O3. The number of methoxy groups -OCH3 is 2. The maximum absolute atomic E-state index is 13.4. The maximum Gasteiger partial charge on any atom is 0.254 e. The zero-order chi connectivity index (χ0) is 21.7. The van der Waals surface area contributed by atoms with Crippen LogP contribution in [0.1, 0.15) is 21.6 Å². The molecule has 1 heterocycles. The summed E-state index contributed by atoms with van der Waals surface area (Å²) in [6, 6.07) is 14.0. The number of amides is 1. The van der Waals surface area contributed by atoms with Gasteiger partial charge in [0.05, 0.1) is 41.5 Å². The first-order valence-corrected chi connectivity index (χ1v) is 10.1. The second kappa shape index (κ2) is 10.0. The lowest BCUT2D eigenvalue weighted by atomic mass is 10.1. The van der Waals surface area contributed by atoms with Gasteiger partial charge in [0, 0.05) is 18.3 Å². The lowest BCUT2D eigenvalue weighted by molar-refractivity contribution is 0.0727. The van der Waals surface area contributed by atoms with Gasteiger partial charge in [0.2, 0.25) is 0 Å². The van der Waals surface area contributed by atoms with Crippen molar-refractivity contribution in [3.8, 4) is 11.5 Å². The topological polar surface area (TPSA) is 51.7 Å². The molecule has 0 spiro atoms. The maximum atomic E-state index is 13.4. The van der Waals surface area contributed by atoms with Crippen molar-refractivity contribution in [1.29, 1.82) is 0 Å². The molecule has 5 nitrogen and oxygen atoms in total. The average Bonchev–Trinajstić information content (AvgIpc) is 2.75. The van der Waals surface area contributed by atoms with Gasteiger partial charge in [-0.05, 0) is 42.0 Å². The van der Waals surface area contributed by atoms with Crippen molar-refractivity contribution in [3.05, 3.63) is 86.6 Å². The van der Waals surface area contributed by atoms with Crippen LogP contribution in [-0.4, -0.2) is 30.0 Å². The number of halogens is 3. The molecule has 1 amide bonds. The van der Waals surface area contributed by atoms with Crippen molar-refractivity contribution < 1.29 is 14.3 Å². The Bertz CT molecular complexity index is 1050. The number of rotatable bonds is 7. The quantitative estimate of drug-likeness (QED) is 0.436. The van der Waals surface area contributed by atoms with Crippen molar-refractivity contribution >= 4 is 40.7 Å². The Kier molecular flexibility index (Phi) is 7.43. The summed E-state index contributed by atoms with van der Waals surface area (Å²) in [5.74, 6) is 0.506. The van der Waals surface area contributed by atoms with E-state index in [4.69, 9.17) is 44.3 Å². The Balaban J connectivity index is 1.97. The lowest BCUT2D eigenvalue weighted by Gasteiger charge is -2.23. The van der Waals surface area contributed by atoms with E-state index in [1.54, 1.807) is 35.4 Å². The Morgan fingerprint density at radius 1 is 0.933 bits per heavy atom. The van der Waals surface area contributed by atoms with Crippen LogP contribution in [0.4, 0.5) is 0 Å². The van der Waals surface area contributed by atoms with Crippen LogP contribution in [0.2, 0.25) is 15.1 Å². The summed E-state index contributed by atoms with van der Waals surface area (Å²) in [7, 11) is 2.98. The predicted octanol–water partition coefficient (Wildman–Crippen LogP) is 5.90. The van der Waals surface area contributed by atoms with Gasteiger partial charge in [0.15, 0.2) is 11.5 Å². The minimum absolute atomic E-state index is 0.241. The number of aromatic nitrogens is 1. The van der Waals surface area contributed by atoms with Crippen molar-refractivity contribution in [1.82, 2.24) is 9.88 Å². The van der Waals surface area contributed by atoms with Gasteiger partial charge in [-0.25, -0.2) is 0 Å². The van der Waals surface area contributed by atoms with Crippen molar-refractivity contribution in [3.63, 3.8) is 0 Å². The molecule has 0 atom stereocenters. The first kappa shape index (κ1) is 22.2. The standard InChI is InChI=1S/C22H19Cl3N2O3/c1-29-20-11-15(10-19(25)21(20)30-2)22(28)27(13-16-5-3-4-8-26-16)12-14-6-7-17(23)18(24)9-14/h3-11H,12-13H2,1-2H3. The molecule has 0 bridgehead atoms. The number of carbonyl (C=O) groups excluding carboxylic acids is 1.